The zero-order valence-corrected chi connectivity index (χ0v) is 9.97. The van der Waals surface area contributed by atoms with Gasteiger partial charge >= 0.3 is 5.91 Å². The number of likely N-dealkylation sites (N-methyl/N-ethyl adjacent to an activating group) is 1. The quantitative estimate of drug-likeness (QED) is 0.671. The van der Waals surface area contributed by atoms with Crippen LogP contribution in [0, 0.1) is 6.92 Å². The first-order valence-electron chi connectivity index (χ1n) is 5.22. The third-order valence-corrected chi connectivity index (χ3v) is 2.49. The van der Waals surface area contributed by atoms with E-state index in [0.717, 1.165) is 10.6 Å². The Labute approximate surface area is 99.3 Å². The van der Waals surface area contributed by atoms with Crippen molar-refractivity contribution >= 4 is 23.2 Å². The van der Waals surface area contributed by atoms with Crippen molar-refractivity contribution in [1.29, 1.82) is 0 Å². The number of nitrogens with zero attached hydrogens (tertiary/aromatic N) is 3. The van der Waals surface area contributed by atoms with Crippen molar-refractivity contribution in [2.45, 2.75) is 6.92 Å². The summed E-state index contributed by atoms with van der Waals surface area (Å²) < 4.78 is 0. The fourth-order valence-electron chi connectivity index (χ4n) is 1.53. The number of ketones is 1. The molecule has 0 saturated carbocycles. The summed E-state index contributed by atoms with van der Waals surface area (Å²) >= 11 is 0. The van der Waals surface area contributed by atoms with Gasteiger partial charge in [-0.2, -0.15) is 5.01 Å². The van der Waals surface area contributed by atoms with Crippen LogP contribution in [0.4, 0.5) is 5.69 Å². The summed E-state index contributed by atoms with van der Waals surface area (Å²) in [5.41, 5.74) is 1.69. The van der Waals surface area contributed by atoms with Crippen LogP contribution in [0.25, 0.3) is 0 Å². The van der Waals surface area contributed by atoms with Crippen molar-refractivity contribution in [2.75, 3.05) is 19.1 Å². The van der Waals surface area contributed by atoms with E-state index in [-0.39, 0.29) is 5.84 Å². The Hall–Kier alpha value is -2.17. The molecule has 0 saturated heterocycles. The lowest BCUT2D eigenvalue weighted by molar-refractivity contribution is -0.131. The summed E-state index contributed by atoms with van der Waals surface area (Å²) in [5, 5.41) is 5.16. The molecule has 0 bridgehead atoms. The molecule has 0 spiro atoms. The number of Topliss-reactive ketones (excluding diaryl/α,β-unsaturated/α-hetero) is 1. The minimum absolute atomic E-state index is 0.163. The molecule has 5 nitrogen and oxygen atoms in total. The normalized spacial score (nSPS) is 15.2. The Kier molecular flexibility index (Phi) is 2.67. The van der Waals surface area contributed by atoms with Gasteiger partial charge in [0.05, 0.1) is 5.69 Å². The summed E-state index contributed by atoms with van der Waals surface area (Å²) in [6.45, 7) is 1.95. The van der Waals surface area contributed by atoms with Gasteiger partial charge in [0.15, 0.2) is 0 Å². The fourth-order valence-corrected chi connectivity index (χ4v) is 1.53. The lowest BCUT2D eigenvalue weighted by Crippen LogP contribution is -2.32. The lowest BCUT2D eigenvalue weighted by atomic mass is 10.2. The maximum absolute atomic E-state index is 11.7. The number of anilines is 1. The predicted octanol–water partition coefficient (Wildman–Crippen LogP) is 0.786. The number of amidine groups is 1. The lowest BCUT2D eigenvalue weighted by Gasteiger charge is -2.10. The highest BCUT2D eigenvalue weighted by atomic mass is 16.2. The highest BCUT2D eigenvalue weighted by Gasteiger charge is 2.35. The zero-order chi connectivity index (χ0) is 12.6. The molecule has 0 atom stereocenters. The van der Waals surface area contributed by atoms with E-state index in [0.29, 0.717) is 5.69 Å². The number of carbonyl (C=O) groups is 2. The standard InChI is InChI=1S/C12H13N3O2/c1-8-4-6-9(7-5-8)15-12(17)10(16)11(13-15)14(2)3/h4-7H,1-3H3. The largest absolute Gasteiger partial charge is 0.358 e. The molecule has 1 amide bonds. The molecule has 1 aromatic rings. The number of hydrogen-bond acceptors (Lipinski definition) is 4. The fraction of sp³-hybridized carbons (Fsp3) is 0.250. The topological polar surface area (TPSA) is 53.0 Å². The molecule has 1 heterocycles. The average molecular weight is 231 g/mol. The molecule has 0 aliphatic carbocycles. The summed E-state index contributed by atoms with van der Waals surface area (Å²) in [7, 11) is 3.37. The Morgan fingerprint density at radius 3 is 2.18 bits per heavy atom. The van der Waals surface area contributed by atoms with Crippen LogP contribution in [0.5, 0.6) is 0 Å². The number of rotatable bonds is 1. The molecule has 2 rings (SSSR count). The molecule has 0 fully saturated rings. The molecule has 0 unspecified atom stereocenters. The van der Waals surface area contributed by atoms with Crippen LogP contribution >= 0.6 is 0 Å². The van der Waals surface area contributed by atoms with Crippen LogP contribution in [0.2, 0.25) is 0 Å². The smallest absolute Gasteiger partial charge is 0.323 e. The molecule has 1 aromatic carbocycles. The van der Waals surface area contributed by atoms with Gasteiger partial charge in [0.1, 0.15) is 0 Å². The van der Waals surface area contributed by atoms with Gasteiger partial charge in [-0.3, -0.25) is 9.59 Å². The Morgan fingerprint density at radius 1 is 1.12 bits per heavy atom. The van der Waals surface area contributed by atoms with Crippen LogP contribution < -0.4 is 5.01 Å². The van der Waals surface area contributed by atoms with E-state index in [4.69, 9.17) is 0 Å². The molecule has 88 valence electrons. The van der Waals surface area contributed by atoms with E-state index < -0.39 is 11.7 Å². The molecular formula is C12H13N3O2. The summed E-state index contributed by atoms with van der Waals surface area (Å²) in [6, 6.07) is 7.28. The maximum atomic E-state index is 11.7. The SMILES string of the molecule is Cc1ccc(N2N=C(N(C)C)C(=O)C2=O)cc1. The first-order valence-corrected chi connectivity index (χ1v) is 5.22. The van der Waals surface area contributed by atoms with Gasteiger partial charge in [0.2, 0.25) is 5.84 Å². The highest BCUT2D eigenvalue weighted by Crippen LogP contribution is 2.19. The summed E-state index contributed by atoms with van der Waals surface area (Å²) in [4.78, 5) is 24.9. The van der Waals surface area contributed by atoms with Crippen molar-refractivity contribution in [3.05, 3.63) is 29.8 Å². The van der Waals surface area contributed by atoms with E-state index in [2.05, 4.69) is 5.10 Å². The second kappa shape index (κ2) is 4.01. The predicted molar refractivity (Wildman–Crippen MR) is 64.8 cm³/mol. The molecular weight excluding hydrogens is 218 g/mol. The van der Waals surface area contributed by atoms with E-state index in [1.165, 1.54) is 4.90 Å². The molecule has 5 heteroatoms. The van der Waals surface area contributed by atoms with Gasteiger partial charge in [-0.05, 0) is 19.1 Å². The van der Waals surface area contributed by atoms with Gasteiger partial charge in [0, 0.05) is 14.1 Å². The van der Waals surface area contributed by atoms with Gasteiger partial charge in [-0.1, -0.05) is 17.7 Å². The highest BCUT2D eigenvalue weighted by molar-refractivity contribution is 6.69. The van der Waals surface area contributed by atoms with Crippen molar-refractivity contribution < 1.29 is 9.59 Å². The van der Waals surface area contributed by atoms with E-state index in [1.54, 1.807) is 26.2 Å². The molecule has 0 radical (unpaired) electrons. The summed E-state index contributed by atoms with van der Waals surface area (Å²) in [6.07, 6.45) is 0. The molecule has 1 aliphatic heterocycles. The first-order chi connectivity index (χ1) is 8.00. The second-order valence-corrected chi connectivity index (χ2v) is 4.10. The number of hydrogen-bond donors (Lipinski definition) is 0. The van der Waals surface area contributed by atoms with Crippen LogP contribution in [0.1, 0.15) is 5.56 Å². The number of carbonyl (C=O) groups excluding carboxylic acids is 2. The number of aryl methyl sites for hydroxylation is 1. The van der Waals surface area contributed by atoms with Crippen LogP contribution in [-0.2, 0) is 9.59 Å². The third-order valence-electron chi connectivity index (χ3n) is 2.49. The number of benzene rings is 1. The Bertz CT molecular complexity index is 503. The second-order valence-electron chi connectivity index (χ2n) is 4.10. The monoisotopic (exact) mass is 231 g/mol. The van der Waals surface area contributed by atoms with E-state index in [9.17, 15) is 9.59 Å². The van der Waals surface area contributed by atoms with E-state index >= 15 is 0 Å². The zero-order valence-electron chi connectivity index (χ0n) is 9.97. The molecule has 17 heavy (non-hydrogen) atoms. The Balaban J connectivity index is 2.37. The third kappa shape index (κ3) is 1.91. The van der Waals surface area contributed by atoms with Crippen molar-refractivity contribution in [3.8, 4) is 0 Å². The van der Waals surface area contributed by atoms with Gasteiger partial charge in [0.25, 0.3) is 5.78 Å². The van der Waals surface area contributed by atoms with Crippen molar-refractivity contribution in [1.82, 2.24) is 4.90 Å². The van der Waals surface area contributed by atoms with E-state index in [1.807, 2.05) is 19.1 Å². The molecule has 0 N–H and O–H groups in total. The number of amides is 1. The first kappa shape index (κ1) is 11.3. The average Bonchev–Trinajstić information content (AvgIpc) is 2.58. The van der Waals surface area contributed by atoms with Crippen LogP contribution in [-0.4, -0.2) is 36.5 Å². The van der Waals surface area contributed by atoms with Gasteiger partial charge < -0.3 is 4.90 Å². The van der Waals surface area contributed by atoms with Crippen LogP contribution in [0.15, 0.2) is 29.4 Å². The van der Waals surface area contributed by atoms with Gasteiger partial charge in [-0.15, -0.1) is 5.10 Å². The number of hydrazone groups is 1. The maximum Gasteiger partial charge on any atom is 0.323 e. The van der Waals surface area contributed by atoms with Gasteiger partial charge in [-0.25, -0.2) is 0 Å². The Morgan fingerprint density at radius 2 is 1.71 bits per heavy atom. The van der Waals surface area contributed by atoms with Crippen molar-refractivity contribution in [3.63, 3.8) is 0 Å². The summed E-state index contributed by atoms with van der Waals surface area (Å²) in [5.74, 6) is -1.02. The molecule has 1 aliphatic rings. The molecule has 0 aromatic heterocycles. The van der Waals surface area contributed by atoms with Crippen LogP contribution in [0.3, 0.4) is 0 Å². The van der Waals surface area contributed by atoms with Crippen molar-refractivity contribution in [2.24, 2.45) is 5.10 Å². The minimum Gasteiger partial charge on any atom is -0.358 e. The minimum atomic E-state index is -0.613.